The molecule has 3 N–H and O–H groups in total. The van der Waals surface area contributed by atoms with Crippen LogP contribution in [0.4, 0.5) is 0 Å². The van der Waals surface area contributed by atoms with Gasteiger partial charge in [0.05, 0.1) is 13.2 Å². The number of thiocarbonyl (C=S) groups is 1. The number of nitrogens with one attached hydrogen (secondary N) is 1. The molecule has 1 aliphatic heterocycles. The summed E-state index contributed by atoms with van der Waals surface area (Å²) in [7, 11) is 0. The third-order valence-electron chi connectivity index (χ3n) is 3.25. The molecule has 1 spiro atoms. The average molecular weight is 230 g/mol. The van der Waals surface area contributed by atoms with Gasteiger partial charge < -0.3 is 20.5 Å². The van der Waals surface area contributed by atoms with E-state index in [1.54, 1.807) is 0 Å². The van der Waals surface area contributed by atoms with Crippen LogP contribution in [0.15, 0.2) is 0 Å². The highest BCUT2D eigenvalue weighted by Gasteiger charge is 2.40. The smallest absolute Gasteiger partial charge is 0.168 e. The maximum absolute atomic E-state index is 5.66. The van der Waals surface area contributed by atoms with Crippen molar-refractivity contribution in [1.29, 1.82) is 0 Å². The topological polar surface area (TPSA) is 56.5 Å². The summed E-state index contributed by atoms with van der Waals surface area (Å²) in [6.45, 7) is 2.37. The highest BCUT2D eigenvalue weighted by Crippen LogP contribution is 2.37. The van der Waals surface area contributed by atoms with Crippen molar-refractivity contribution in [3.63, 3.8) is 0 Å². The molecule has 0 atom stereocenters. The van der Waals surface area contributed by atoms with Crippen molar-refractivity contribution in [3.8, 4) is 0 Å². The van der Waals surface area contributed by atoms with Crippen LogP contribution in [-0.2, 0) is 9.47 Å². The maximum atomic E-state index is 5.66. The first-order valence-corrected chi connectivity index (χ1v) is 5.92. The zero-order chi connectivity index (χ0) is 10.7. The number of hydrogen-bond donors (Lipinski definition) is 2. The lowest BCUT2D eigenvalue weighted by molar-refractivity contribution is -0.182. The van der Waals surface area contributed by atoms with Crippen LogP contribution in [0.5, 0.6) is 0 Å². The largest absolute Gasteiger partial charge is 0.376 e. The molecule has 0 aromatic carbocycles. The lowest BCUT2D eigenvalue weighted by Crippen LogP contribution is -2.39. The van der Waals surface area contributed by atoms with E-state index in [9.17, 15) is 0 Å². The molecule has 86 valence electrons. The molecular formula is C10H18N2O2S. The van der Waals surface area contributed by atoms with Crippen molar-refractivity contribution in [2.75, 3.05) is 19.8 Å². The van der Waals surface area contributed by atoms with Gasteiger partial charge in [-0.15, -0.1) is 0 Å². The molecule has 1 saturated heterocycles. The standard InChI is InChI=1S/C10H18N2O2S/c11-9(15)12-7-8-1-3-10(4-2-8)13-5-6-14-10/h8H,1-7H2,(H3,11,12,15). The van der Waals surface area contributed by atoms with Crippen molar-refractivity contribution >= 4 is 17.3 Å². The Balaban J connectivity index is 1.74. The summed E-state index contributed by atoms with van der Waals surface area (Å²) in [5.41, 5.74) is 5.40. The number of rotatable bonds is 2. The molecule has 0 radical (unpaired) electrons. The van der Waals surface area contributed by atoms with Gasteiger partial charge in [0.15, 0.2) is 10.9 Å². The maximum Gasteiger partial charge on any atom is 0.168 e. The lowest BCUT2D eigenvalue weighted by atomic mass is 9.85. The molecule has 15 heavy (non-hydrogen) atoms. The summed E-state index contributed by atoms with van der Waals surface area (Å²) in [5.74, 6) is 0.393. The minimum atomic E-state index is -0.250. The minimum Gasteiger partial charge on any atom is -0.376 e. The molecule has 4 nitrogen and oxygen atoms in total. The van der Waals surface area contributed by atoms with Crippen LogP contribution in [-0.4, -0.2) is 30.7 Å². The summed E-state index contributed by atoms with van der Waals surface area (Å²) in [4.78, 5) is 0. The zero-order valence-corrected chi connectivity index (χ0v) is 9.65. The Kier molecular flexibility index (Phi) is 3.43. The van der Waals surface area contributed by atoms with E-state index in [-0.39, 0.29) is 5.79 Å². The summed E-state index contributed by atoms with van der Waals surface area (Å²) < 4.78 is 11.3. The molecule has 0 aromatic heterocycles. The van der Waals surface area contributed by atoms with Crippen molar-refractivity contribution < 1.29 is 9.47 Å². The first-order chi connectivity index (χ1) is 7.20. The van der Waals surface area contributed by atoms with E-state index < -0.39 is 0 Å². The molecule has 0 unspecified atom stereocenters. The molecule has 1 saturated carbocycles. The van der Waals surface area contributed by atoms with Crippen LogP contribution < -0.4 is 11.1 Å². The fourth-order valence-corrected chi connectivity index (χ4v) is 2.44. The second-order valence-electron chi connectivity index (χ2n) is 4.30. The van der Waals surface area contributed by atoms with E-state index >= 15 is 0 Å². The van der Waals surface area contributed by atoms with Gasteiger partial charge in [-0.05, 0) is 31.0 Å². The molecule has 1 aliphatic carbocycles. The average Bonchev–Trinajstić information content (AvgIpc) is 2.66. The molecule has 0 amide bonds. The Hall–Kier alpha value is -0.390. The molecule has 5 heteroatoms. The van der Waals surface area contributed by atoms with E-state index in [1.165, 1.54) is 0 Å². The zero-order valence-electron chi connectivity index (χ0n) is 8.83. The second-order valence-corrected chi connectivity index (χ2v) is 4.74. The predicted molar refractivity (Wildman–Crippen MR) is 61.4 cm³/mol. The predicted octanol–water partition coefficient (Wildman–Crippen LogP) is 0.753. The van der Waals surface area contributed by atoms with Gasteiger partial charge in [-0.1, -0.05) is 0 Å². The van der Waals surface area contributed by atoms with Crippen LogP contribution in [0.25, 0.3) is 0 Å². The summed E-state index contributed by atoms with van der Waals surface area (Å²) >= 11 is 4.78. The van der Waals surface area contributed by atoms with Crippen LogP contribution >= 0.6 is 12.2 Å². The summed E-state index contributed by atoms with van der Waals surface area (Å²) in [6, 6.07) is 0. The molecule has 0 bridgehead atoms. The molecule has 2 fully saturated rings. The normalized spacial score (nSPS) is 25.6. The van der Waals surface area contributed by atoms with Gasteiger partial charge in [0.25, 0.3) is 0 Å². The van der Waals surface area contributed by atoms with Gasteiger partial charge in [0, 0.05) is 19.4 Å². The quantitative estimate of drug-likeness (QED) is 0.686. The van der Waals surface area contributed by atoms with Crippen LogP contribution in [0, 0.1) is 5.92 Å². The molecule has 1 heterocycles. The Morgan fingerprint density at radius 3 is 2.47 bits per heavy atom. The molecular weight excluding hydrogens is 212 g/mol. The Labute approximate surface area is 95.5 Å². The van der Waals surface area contributed by atoms with Gasteiger partial charge in [-0.3, -0.25) is 0 Å². The van der Waals surface area contributed by atoms with Crippen LogP contribution in [0.2, 0.25) is 0 Å². The first-order valence-electron chi connectivity index (χ1n) is 5.51. The van der Waals surface area contributed by atoms with Gasteiger partial charge >= 0.3 is 0 Å². The van der Waals surface area contributed by atoms with E-state index in [0.717, 1.165) is 45.4 Å². The summed E-state index contributed by atoms with van der Waals surface area (Å²) in [6.07, 6.45) is 4.23. The fourth-order valence-electron chi connectivity index (χ4n) is 2.35. The van der Waals surface area contributed by atoms with E-state index in [1.807, 2.05) is 0 Å². The van der Waals surface area contributed by atoms with Crippen molar-refractivity contribution in [2.24, 2.45) is 11.7 Å². The van der Waals surface area contributed by atoms with E-state index in [4.69, 9.17) is 27.4 Å². The molecule has 0 aromatic rings. The Morgan fingerprint density at radius 1 is 1.33 bits per heavy atom. The second kappa shape index (κ2) is 4.63. The number of hydrogen-bond acceptors (Lipinski definition) is 3. The van der Waals surface area contributed by atoms with Crippen molar-refractivity contribution in [3.05, 3.63) is 0 Å². The Morgan fingerprint density at radius 2 is 1.93 bits per heavy atom. The SMILES string of the molecule is NC(=S)NCC1CCC2(CC1)OCCO2. The number of nitrogens with two attached hydrogens (primary N) is 1. The summed E-state index contributed by atoms with van der Waals surface area (Å²) in [5, 5.41) is 3.41. The molecule has 2 rings (SSSR count). The van der Waals surface area contributed by atoms with Crippen molar-refractivity contribution in [1.82, 2.24) is 5.32 Å². The van der Waals surface area contributed by atoms with Gasteiger partial charge in [0.1, 0.15) is 0 Å². The monoisotopic (exact) mass is 230 g/mol. The van der Waals surface area contributed by atoms with E-state index in [0.29, 0.717) is 11.0 Å². The first kappa shape index (κ1) is 11.1. The van der Waals surface area contributed by atoms with Crippen molar-refractivity contribution in [2.45, 2.75) is 31.5 Å². The highest BCUT2D eigenvalue weighted by atomic mass is 32.1. The van der Waals surface area contributed by atoms with Crippen LogP contribution in [0.1, 0.15) is 25.7 Å². The number of ether oxygens (including phenoxy) is 2. The van der Waals surface area contributed by atoms with Gasteiger partial charge in [-0.25, -0.2) is 0 Å². The third-order valence-corrected chi connectivity index (χ3v) is 3.39. The lowest BCUT2D eigenvalue weighted by Gasteiger charge is -2.35. The molecule has 2 aliphatic rings. The van der Waals surface area contributed by atoms with Gasteiger partial charge in [0.2, 0.25) is 0 Å². The third kappa shape index (κ3) is 2.80. The highest BCUT2D eigenvalue weighted by molar-refractivity contribution is 7.80. The Bertz CT molecular complexity index is 232. The fraction of sp³-hybridized carbons (Fsp3) is 0.900. The van der Waals surface area contributed by atoms with Gasteiger partial charge in [-0.2, -0.15) is 0 Å². The minimum absolute atomic E-state index is 0.250. The van der Waals surface area contributed by atoms with E-state index in [2.05, 4.69) is 5.32 Å². The van der Waals surface area contributed by atoms with Crippen LogP contribution in [0.3, 0.4) is 0 Å².